The first-order valence-corrected chi connectivity index (χ1v) is 6.81. The second-order valence-electron chi connectivity index (χ2n) is 5.08. The van der Waals surface area contributed by atoms with Gasteiger partial charge in [0.2, 0.25) is 0 Å². The Bertz CT molecular complexity index is 448. The van der Waals surface area contributed by atoms with E-state index in [1.165, 1.54) is 48.5 Å². The van der Waals surface area contributed by atoms with E-state index in [0.29, 0.717) is 0 Å². The molecule has 2 aliphatic rings. The molecular formula is C15H20N2. The molecule has 0 amide bonds. The zero-order valence-corrected chi connectivity index (χ0v) is 10.6. The van der Waals surface area contributed by atoms with E-state index in [4.69, 9.17) is 4.99 Å². The fourth-order valence-corrected chi connectivity index (χ4v) is 2.79. The third-order valence-corrected chi connectivity index (χ3v) is 3.86. The minimum Gasteiger partial charge on any atom is -0.356 e. The molecule has 2 heterocycles. The lowest BCUT2D eigenvalue weighted by atomic mass is 10.0. The number of nitrogens with zero attached hydrogens (tertiary/aromatic N) is 2. The Morgan fingerprint density at radius 1 is 1.24 bits per heavy atom. The standard InChI is InChI=1S/C15H20N2/c1-2-12-7-8-14-13(10-12)11-17-9-5-3-4-6-15(17)16-14/h7-8,10H,2-6,9,11H2,1H3. The minimum atomic E-state index is 1.07. The van der Waals surface area contributed by atoms with Crippen molar-refractivity contribution in [3.8, 4) is 0 Å². The first kappa shape index (κ1) is 10.8. The number of hydrogen-bond acceptors (Lipinski definition) is 2. The quantitative estimate of drug-likeness (QED) is 0.716. The average Bonchev–Trinajstić information content (AvgIpc) is 2.60. The molecule has 90 valence electrons. The summed E-state index contributed by atoms with van der Waals surface area (Å²) in [6, 6.07) is 6.75. The summed E-state index contributed by atoms with van der Waals surface area (Å²) in [5, 5.41) is 0. The number of fused-ring (bicyclic) bond motifs is 2. The third kappa shape index (κ3) is 2.08. The number of hydrogen-bond donors (Lipinski definition) is 0. The van der Waals surface area contributed by atoms with Crippen LogP contribution in [0.3, 0.4) is 0 Å². The summed E-state index contributed by atoms with van der Waals surface area (Å²) in [6.07, 6.45) is 6.25. The highest BCUT2D eigenvalue weighted by molar-refractivity contribution is 5.87. The second kappa shape index (κ2) is 4.52. The molecule has 17 heavy (non-hydrogen) atoms. The smallest absolute Gasteiger partial charge is 0.105 e. The van der Waals surface area contributed by atoms with Gasteiger partial charge in [0.1, 0.15) is 5.84 Å². The predicted molar refractivity (Wildman–Crippen MR) is 71.8 cm³/mol. The maximum atomic E-state index is 4.85. The predicted octanol–water partition coefficient (Wildman–Crippen LogP) is 3.67. The van der Waals surface area contributed by atoms with E-state index in [2.05, 4.69) is 30.0 Å². The van der Waals surface area contributed by atoms with Gasteiger partial charge in [-0.2, -0.15) is 0 Å². The molecule has 3 rings (SSSR count). The lowest BCUT2D eigenvalue weighted by molar-refractivity contribution is 0.403. The van der Waals surface area contributed by atoms with Crippen molar-refractivity contribution in [3.63, 3.8) is 0 Å². The maximum absolute atomic E-state index is 4.85. The van der Waals surface area contributed by atoms with Gasteiger partial charge in [-0.15, -0.1) is 0 Å². The molecule has 0 unspecified atom stereocenters. The van der Waals surface area contributed by atoms with Crippen LogP contribution >= 0.6 is 0 Å². The molecule has 0 bridgehead atoms. The molecule has 0 saturated carbocycles. The van der Waals surface area contributed by atoms with Gasteiger partial charge < -0.3 is 4.90 Å². The minimum absolute atomic E-state index is 1.07. The van der Waals surface area contributed by atoms with Crippen LogP contribution in [0.4, 0.5) is 5.69 Å². The molecule has 0 radical (unpaired) electrons. The van der Waals surface area contributed by atoms with Crippen LogP contribution in [0.5, 0.6) is 0 Å². The molecule has 0 aliphatic carbocycles. The van der Waals surface area contributed by atoms with Crippen LogP contribution in [-0.2, 0) is 13.0 Å². The lowest BCUT2D eigenvalue weighted by Gasteiger charge is -2.29. The highest BCUT2D eigenvalue weighted by Gasteiger charge is 2.21. The van der Waals surface area contributed by atoms with Crippen molar-refractivity contribution in [1.29, 1.82) is 0 Å². The maximum Gasteiger partial charge on any atom is 0.105 e. The zero-order chi connectivity index (χ0) is 11.7. The largest absolute Gasteiger partial charge is 0.356 e. The highest BCUT2D eigenvalue weighted by atomic mass is 15.2. The Balaban J connectivity index is 1.96. The van der Waals surface area contributed by atoms with Crippen molar-refractivity contribution in [3.05, 3.63) is 29.3 Å². The van der Waals surface area contributed by atoms with Gasteiger partial charge in [-0.05, 0) is 36.5 Å². The van der Waals surface area contributed by atoms with Crippen molar-refractivity contribution >= 4 is 11.5 Å². The molecule has 2 aliphatic heterocycles. The topological polar surface area (TPSA) is 15.6 Å². The van der Waals surface area contributed by atoms with Crippen LogP contribution in [0.15, 0.2) is 23.2 Å². The van der Waals surface area contributed by atoms with Gasteiger partial charge in [-0.1, -0.05) is 25.5 Å². The molecule has 0 atom stereocenters. The van der Waals surface area contributed by atoms with Crippen LogP contribution in [0.1, 0.15) is 43.7 Å². The normalized spacial score (nSPS) is 19.1. The lowest BCUT2D eigenvalue weighted by Crippen LogP contribution is -2.32. The van der Waals surface area contributed by atoms with Crippen LogP contribution < -0.4 is 0 Å². The number of aryl methyl sites for hydroxylation is 1. The second-order valence-corrected chi connectivity index (χ2v) is 5.08. The van der Waals surface area contributed by atoms with E-state index in [1.54, 1.807) is 0 Å². The third-order valence-electron chi connectivity index (χ3n) is 3.86. The fraction of sp³-hybridized carbons (Fsp3) is 0.533. The van der Waals surface area contributed by atoms with E-state index in [9.17, 15) is 0 Å². The summed E-state index contributed by atoms with van der Waals surface area (Å²) >= 11 is 0. The first-order chi connectivity index (χ1) is 8.36. The van der Waals surface area contributed by atoms with Gasteiger partial charge in [0.05, 0.1) is 5.69 Å². The van der Waals surface area contributed by atoms with E-state index < -0.39 is 0 Å². The van der Waals surface area contributed by atoms with Crippen LogP contribution in [0, 0.1) is 0 Å². The summed E-state index contributed by atoms with van der Waals surface area (Å²) in [5.74, 6) is 1.32. The summed E-state index contributed by atoms with van der Waals surface area (Å²) in [5.41, 5.74) is 4.04. The number of aliphatic imine (C=N–C) groups is 1. The van der Waals surface area contributed by atoms with Crippen molar-refractivity contribution in [2.75, 3.05) is 6.54 Å². The van der Waals surface area contributed by atoms with E-state index in [1.807, 2.05) is 0 Å². The van der Waals surface area contributed by atoms with Gasteiger partial charge >= 0.3 is 0 Å². The summed E-state index contributed by atoms with van der Waals surface area (Å²) in [4.78, 5) is 7.33. The monoisotopic (exact) mass is 228 g/mol. The SMILES string of the molecule is CCc1ccc2c(c1)CN1CCCCCC1=N2. The van der Waals surface area contributed by atoms with Crippen LogP contribution in [0.2, 0.25) is 0 Å². The molecule has 0 spiro atoms. The Hall–Kier alpha value is -1.31. The van der Waals surface area contributed by atoms with Gasteiger partial charge in [-0.3, -0.25) is 0 Å². The molecule has 1 fully saturated rings. The molecule has 1 aromatic rings. The van der Waals surface area contributed by atoms with Crippen molar-refractivity contribution in [2.24, 2.45) is 4.99 Å². The van der Waals surface area contributed by atoms with Gasteiger partial charge in [0.15, 0.2) is 0 Å². The molecule has 1 aromatic carbocycles. The Morgan fingerprint density at radius 3 is 3.06 bits per heavy atom. The Kier molecular flexibility index (Phi) is 2.87. The van der Waals surface area contributed by atoms with Crippen molar-refractivity contribution < 1.29 is 0 Å². The number of rotatable bonds is 1. The summed E-state index contributed by atoms with van der Waals surface area (Å²) < 4.78 is 0. The zero-order valence-electron chi connectivity index (χ0n) is 10.6. The van der Waals surface area contributed by atoms with E-state index >= 15 is 0 Å². The Morgan fingerprint density at radius 2 is 2.18 bits per heavy atom. The van der Waals surface area contributed by atoms with Gasteiger partial charge in [0.25, 0.3) is 0 Å². The fourth-order valence-electron chi connectivity index (χ4n) is 2.79. The molecule has 0 aromatic heterocycles. The molecular weight excluding hydrogens is 208 g/mol. The first-order valence-electron chi connectivity index (χ1n) is 6.81. The molecule has 1 saturated heterocycles. The average molecular weight is 228 g/mol. The van der Waals surface area contributed by atoms with Crippen LogP contribution in [-0.4, -0.2) is 17.3 Å². The number of amidine groups is 1. The highest BCUT2D eigenvalue weighted by Crippen LogP contribution is 2.30. The van der Waals surface area contributed by atoms with Gasteiger partial charge in [0, 0.05) is 19.5 Å². The van der Waals surface area contributed by atoms with E-state index in [-0.39, 0.29) is 0 Å². The summed E-state index contributed by atoms with van der Waals surface area (Å²) in [6.45, 7) is 4.47. The van der Waals surface area contributed by atoms with Crippen molar-refractivity contribution in [1.82, 2.24) is 4.90 Å². The van der Waals surface area contributed by atoms with Crippen molar-refractivity contribution in [2.45, 2.75) is 45.6 Å². The number of benzene rings is 1. The Labute approximate surface area is 103 Å². The van der Waals surface area contributed by atoms with E-state index in [0.717, 1.165) is 19.4 Å². The molecule has 2 heteroatoms. The van der Waals surface area contributed by atoms with Gasteiger partial charge in [-0.25, -0.2) is 4.99 Å². The summed E-state index contributed by atoms with van der Waals surface area (Å²) in [7, 11) is 0. The van der Waals surface area contributed by atoms with Crippen LogP contribution in [0.25, 0.3) is 0 Å². The molecule has 2 nitrogen and oxygen atoms in total. The molecule has 0 N–H and O–H groups in total.